The fourth-order valence-electron chi connectivity index (χ4n) is 2.42. The molecule has 0 amide bonds. The van der Waals surface area contributed by atoms with E-state index in [0.29, 0.717) is 29.9 Å². The van der Waals surface area contributed by atoms with Crippen LogP contribution in [0.3, 0.4) is 0 Å². The highest BCUT2D eigenvalue weighted by Crippen LogP contribution is 2.27. The molecule has 3 aromatic rings. The summed E-state index contributed by atoms with van der Waals surface area (Å²) in [6, 6.07) is 7.92. The number of fused-ring (bicyclic) bond motifs is 1. The first-order valence-corrected chi connectivity index (χ1v) is 6.82. The Kier molecular flexibility index (Phi) is 3.85. The first-order valence-electron chi connectivity index (χ1n) is 6.82. The first-order chi connectivity index (χ1) is 10.6. The Morgan fingerprint density at radius 2 is 1.82 bits per heavy atom. The van der Waals surface area contributed by atoms with Gasteiger partial charge in [-0.25, -0.2) is 18.2 Å². The molecule has 0 atom stereocenters. The number of imidazole rings is 1. The molecule has 0 saturated heterocycles. The number of halogens is 3. The van der Waals surface area contributed by atoms with Crippen LogP contribution in [0, 0.1) is 17.5 Å². The molecular formula is C16H13F3N2O. The minimum absolute atomic E-state index is 0.0497. The van der Waals surface area contributed by atoms with E-state index in [1.807, 2.05) is 0 Å². The van der Waals surface area contributed by atoms with E-state index < -0.39 is 17.5 Å². The number of aromatic nitrogens is 2. The third kappa shape index (κ3) is 2.57. The normalized spacial score (nSPS) is 11.3. The van der Waals surface area contributed by atoms with Gasteiger partial charge < -0.3 is 9.67 Å². The van der Waals surface area contributed by atoms with E-state index in [-0.39, 0.29) is 12.1 Å². The van der Waals surface area contributed by atoms with Crippen LogP contribution < -0.4 is 0 Å². The summed E-state index contributed by atoms with van der Waals surface area (Å²) in [6.45, 7) is 0.315. The van der Waals surface area contributed by atoms with Crippen LogP contribution in [0.25, 0.3) is 22.4 Å². The molecule has 1 aromatic heterocycles. The van der Waals surface area contributed by atoms with E-state index in [1.165, 1.54) is 12.1 Å². The van der Waals surface area contributed by atoms with E-state index >= 15 is 0 Å². The number of aliphatic hydroxyl groups is 1. The molecule has 1 N–H and O–H groups in total. The van der Waals surface area contributed by atoms with E-state index in [9.17, 15) is 13.2 Å². The number of benzene rings is 2. The van der Waals surface area contributed by atoms with Gasteiger partial charge in [-0.3, -0.25) is 0 Å². The number of nitrogens with zero attached hydrogens (tertiary/aromatic N) is 2. The summed E-state index contributed by atoms with van der Waals surface area (Å²) in [5, 5.41) is 9.01. The van der Waals surface area contributed by atoms with Crippen LogP contribution in [0.15, 0.2) is 36.4 Å². The fourth-order valence-corrected chi connectivity index (χ4v) is 2.42. The van der Waals surface area contributed by atoms with Crippen molar-refractivity contribution in [3.63, 3.8) is 0 Å². The van der Waals surface area contributed by atoms with E-state index in [2.05, 4.69) is 4.98 Å². The standard InChI is InChI=1S/C16H13F3N2O/c17-11-4-1-3-10(7-11)16-20-14-8-12(18)13(19)9-15(14)21(16)5-2-6-22/h1,3-4,7-9,22H,2,5-6H2. The maximum absolute atomic E-state index is 13.5. The highest BCUT2D eigenvalue weighted by atomic mass is 19.2. The second-order valence-corrected chi connectivity index (χ2v) is 4.93. The SMILES string of the molecule is OCCCn1c(-c2cccc(F)c2)nc2cc(F)c(F)cc21. The molecule has 22 heavy (non-hydrogen) atoms. The molecular weight excluding hydrogens is 293 g/mol. The largest absolute Gasteiger partial charge is 0.396 e. The first kappa shape index (κ1) is 14.6. The number of hydrogen-bond donors (Lipinski definition) is 1. The van der Waals surface area contributed by atoms with Crippen molar-refractivity contribution < 1.29 is 18.3 Å². The van der Waals surface area contributed by atoms with Crippen molar-refractivity contribution in [2.45, 2.75) is 13.0 Å². The molecule has 114 valence electrons. The quantitative estimate of drug-likeness (QED) is 0.801. The van der Waals surface area contributed by atoms with Crippen LogP contribution in [0.1, 0.15) is 6.42 Å². The summed E-state index contributed by atoms with van der Waals surface area (Å²) < 4.78 is 42.0. The van der Waals surface area contributed by atoms with Crippen LogP contribution in [0.4, 0.5) is 13.2 Å². The molecule has 0 aliphatic heterocycles. The summed E-state index contributed by atoms with van der Waals surface area (Å²) in [4.78, 5) is 4.29. The molecule has 0 aliphatic rings. The molecule has 0 unspecified atom stereocenters. The summed E-state index contributed by atoms with van der Waals surface area (Å²) >= 11 is 0. The van der Waals surface area contributed by atoms with Gasteiger partial charge in [-0.2, -0.15) is 0 Å². The maximum atomic E-state index is 13.5. The molecule has 1 heterocycles. The van der Waals surface area contributed by atoms with Gasteiger partial charge in [0.05, 0.1) is 11.0 Å². The fraction of sp³-hybridized carbons (Fsp3) is 0.188. The van der Waals surface area contributed by atoms with Gasteiger partial charge in [0.15, 0.2) is 11.6 Å². The predicted octanol–water partition coefficient (Wildman–Crippen LogP) is 3.50. The molecule has 0 aliphatic carbocycles. The smallest absolute Gasteiger partial charge is 0.161 e. The Morgan fingerprint density at radius 1 is 1.05 bits per heavy atom. The number of aryl methyl sites for hydroxylation is 1. The van der Waals surface area contributed by atoms with Gasteiger partial charge in [0.1, 0.15) is 11.6 Å². The lowest BCUT2D eigenvalue weighted by atomic mass is 10.2. The third-order valence-electron chi connectivity index (χ3n) is 3.41. The van der Waals surface area contributed by atoms with Gasteiger partial charge in [0, 0.05) is 30.8 Å². The maximum Gasteiger partial charge on any atom is 0.161 e. The Labute approximate surface area is 124 Å². The minimum Gasteiger partial charge on any atom is -0.396 e. The monoisotopic (exact) mass is 306 g/mol. The van der Waals surface area contributed by atoms with Crippen LogP contribution in [-0.4, -0.2) is 21.3 Å². The molecule has 0 radical (unpaired) electrons. The van der Waals surface area contributed by atoms with Crippen molar-refractivity contribution in [1.82, 2.24) is 9.55 Å². The number of aliphatic hydroxyl groups excluding tert-OH is 1. The van der Waals surface area contributed by atoms with Gasteiger partial charge in [0.25, 0.3) is 0 Å². The predicted molar refractivity (Wildman–Crippen MR) is 76.7 cm³/mol. The minimum atomic E-state index is -0.981. The summed E-state index contributed by atoms with van der Waals surface area (Å²) in [5.41, 5.74) is 1.21. The van der Waals surface area contributed by atoms with Crippen molar-refractivity contribution in [2.75, 3.05) is 6.61 Å². The van der Waals surface area contributed by atoms with Gasteiger partial charge in [-0.05, 0) is 18.6 Å². The van der Waals surface area contributed by atoms with Crippen molar-refractivity contribution in [2.24, 2.45) is 0 Å². The Balaban J connectivity index is 2.23. The van der Waals surface area contributed by atoms with Crippen LogP contribution in [0.5, 0.6) is 0 Å². The average Bonchev–Trinajstić information content (AvgIpc) is 2.83. The molecule has 6 heteroatoms. The zero-order valence-electron chi connectivity index (χ0n) is 11.6. The van der Waals surface area contributed by atoms with Gasteiger partial charge in [-0.1, -0.05) is 12.1 Å². The van der Waals surface area contributed by atoms with Crippen LogP contribution >= 0.6 is 0 Å². The van der Waals surface area contributed by atoms with Gasteiger partial charge in [0.2, 0.25) is 0 Å². The number of hydrogen-bond acceptors (Lipinski definition) is 2. The van der Waals surface area contributed by atoms with Crippen molar-refractivity contribution in [3.8, 4) is 11.4 Å². The summed E-state index contributed by atoms with van der Waals surface area (Å²) in [5.74, 6) is -1.96. The van der Waals surface area contributed by atoms with Crippen molar-refractivity contribution in [3.05, 3.63) is 53.8 Å². The Morgan fingerprint density at radius 3 is 2.55 bits per heavy atom. The molecule has 0 spiro atoms. The molecule has 0 bridgehead atoms. The summed E-state index contributed by atoms with van der Waals surface area (Å²) in [7, 11) is 0. The third-order valence-corrected chi connectivity index (χ3v) is 3.41. The van der Waals surface area contributed by atoms with Crippen molar-refractivity contribution >= 4 is 11.0 Å². The topological polar surface area (TPSA) is 38.0 Å². The zero-order valence-corrected chi connectivity index (χ0v) is 11.6. The number of rotatable bonds is 4. The molecule has 0 fully saturated rings. The highest BCUT2D eigenvalue weighted by Gasteiger charge is 2.15. The lowest BCUT2D eigenvalue weighted by molar-refractivity contribution is 0.281. The Hall–Kier alpha value is -2.34. The van der Waals surface area contributed by atoms with E-state index in [4.69, 9.17) is 5.11 Å². The van der Waals surface area contributed by atoms with Crippen LogP contribution in [-0.2, 0) is 6.54 Å². The molecule has 2 aromatic carbocycles. The summed E-state index contributed by atoms with van der Waals surface area (Å²) in [6.07, 6.45) is 0.423. The van der Waals surface area contributed by atoms with Crippen LogP contribution in [0.2, 0.25) is 0 Å². The Bertz CT molecular complexity index is 830. The van der Waals surface area contributed by atoms with E-state index in [1.54, 1.807) is 16.7 Å². The van der Waals surface area contributed by atoms with Gasteiger partial charge >= 0.3 is 0 Å². The molecule has 0 saturated carbocycles. The average molecular weight is 306 g/mol. The lowest BCUT2D eigenvalue weighted by Gasteiger charge is -2.08. The zero-order chi connectivity index (χ0) is 15.7. The second-order valence-electron chi connectivity index (χ2n) is 4.93. The van der Waals surface area contributed by atoms with E-state index in [0.717, 1.165) is 12.1 Å². The molecule has 3 nitrogen and oxygen atoms in total. The van der Waals surface area contributed by atoms with Gasteiger partial charge in [-0.15, -0.1) is 0 Å². The highest BCUT2D eigenvalue weighted by molar-refractivity contribution is 5.80. The van der Waals surface area contributed by atoms with Crippen molar-refractivity contribution in [1.29, 1.82) is 0 Å². The molecule has 3 rings (SSSR count). The lowest BCUT2D eigenvalue weighted by Crippen LogP contribution is -2.03. The second kappa shape index (κ2) is 5.81.